The predicted molar refractivity (Wildman–Crippen MR) is 50.5 cm³/mol. The van der Waals surface area contributed by atoms with E-state index < -0.39 is 0 Å². The molecule has 5 heteroatoms. The van der Waals surface area contributed by atoms with Crippen molar-refractivity contribution < 1.29 is 4.79 Å². The van der Waals surface area contributed by atoms with Crippen molar-refractivity contribution in [3.63, 3.8) is 0 Å². The third-order valence-corrected chi connectivity index (χ3v) is 3.38. The number of hydrogen-bond donors (Lipinski definition) is 0. The molecule has 0 N–H and O–H groups in total. The molecule has 0 saturated carbocycles. The Hall–Kier alpha value is -0.840. The summed E-state index contributed by atoms with van der Waals surface area (Å²) in [5.74, 6) is 3.02. The highest BCUT2D eigenvalue weighted by Gasteiger charge is 2.26. The summed E-state index contributed by atoms with van der Waals surface area (Å²) in [6, 6.07) is 0. The van der Waals surface area contributed by atoms with Crippen LogP contribution in [0, 0.1) is 5.92 Å². The van der Waals surface area contributed by atoms with Crippen LogP contribution in [0.25, 0.3) is 0 Å². The summed E-state index contributed by atoms with van der Waals surface area (Å²) >= 11 is 1.71. The first kappa shape index (κ1) is 8.74. The normalized spacial score (nSPS) is 22.5. The minimum absolute atomic E-state index is 0.160. The topological polar surface area (TPSA) is 47.8 Å². The molecule has 1 fully saturated rings. The molecule has 1 aliphatic heterocycles. The molecule has 1 unspecified atom stereocenters. The summed E-state index contributed by atoms with van der Waals surface area (Å²) < 4.78 is 1.73. The molecule has 2 rings (SSSR count). The lowest BCUT2D eigenvalue weighted by atomic mass is 10.0. The Morgan fingerprint density at radius 1 is 1.77 bits per heavy atom. The molecule has 2 heterocycles. The predicted octanol–water partition coefficient (Wildman–Crippen LogP) is 0.290. The fraction of sp³-hybridized carbons (Fsp3) is 0.625. The molecule has 0 amide bonds. The Labute approximate surface area is 80.7 Å². The van der Waals surface area contributed by atoms with Crippen LogP contribution in [0.2, 0.25) is 0 Å². The van der Waals surface area contributed by atoms with E-state index in [1.54, 1.807) is 16.4 Å². The van der Waals surface area contributed by atoms with Gasteiger partial charge < -0.3 is 0 Å². The smallest absolute Gasteiger partial charge is 0.147 e. The third-order valence-electron chi connectivity index (χ3n) is 2.25. The zero-order chi connectivity index (χ0) is 9.26. The minimum Gasteiger partial charge on any atom is -0.298 e. The lowest BCUT2D eigenvalue weighted by Gasteiger charge is -2.04. The van der Waals surface area contributed by atoms with Crippen molar-refractivity contribution in [2.45, 2.75) is 6.42 Å². The van der Waals surface area contributed by atoms with Crippen LogP contribution in [0.1, 0.15) is 5.82 Å². The number of carbonyl (C=O) groups excluding carboxylic acids is 1. The lowest BCUT2D eigenvalue weighted by Crippen LogP contribution is -2.16. The van der Waals surface area contributed by atoms with Crippen LogP contribution in [0.3, 0.4) is 0 Å². The van der Waals surface area contributed by atoms with Crippen molar-refractivity contribution in [1.82, 2.24) is 14.8 Å². The number of hydrogen-bond acceptors (Lipinski definition) is 4. The molecule has 0 bridgehead atoms. The van der Waals surface area contributed by atoms with Crippen molar-refractivity contribution in [2.75, 3.05) is 11.5 Å². The zero-order valence-corrected chi connectivity index (χ0v) is 8.25. The first-order valence-corrected chi connectivity index (χ1v) is 5.36. The standard InChI is InChI=1S/C8H11N3OS/c1-11-8(9-5-10-11)2-6-3-13-4-7(6)12/h5-6H,2-4H2,1H3. The van der Waals surface area contributed by atoms with Crippen LogP contribution in [0.5, 0.6) is 0 Å². The lowest BCUT2D eigenvalue weighted by molar-refractivity contribution is -0.119. The van der Waals surface area contributed by atoms with Gasteiger partial charge in [-0.2, -0.15) is 16.9 Å². The monoisotopic (exact) mass is 197 g/mol. The molecule has 70 valence electrons. The van der Waals surface area contributed by atoms with Crippen molar-refractivity contribution in [2.24, 2.45) is 13.0 Å². The Morgan fingerprint density at radius 2 is 2.62 bits per heavy atom. The van der Waals surface area contributed by atoms with Crippen molar-refractivity contribution in [3.05, 3.63) is 12.2 Å². The second-order valence-corrected chi connectivity index (χ2v) is 4.21. The quantitative estimate of drug-likeness (QED) is 0.683. The van der Waals surface area contributed by atoms with Gasteiger partial charge in [0, 0.05) is 25.1 Å². The first-order valence-electron chi connectivity index (χ1n) is 4.20. The Morgan fingerprint density at radius 3 is 3.15 bits per heavy atom. The number of aryl methyl sites for hydroxylation is 1. The van der Waals surface area contributed by atoms with Crippen LogP contribution < -0.4 is 0 Å². The third kappa shape index (κ3) is 1.75. The molecule has 0 radical (unpaired) electrons. The highest BCUT2D eigenvalue weighted by atomic mass is 32.2. The van der Waals surface area contributed by atoms with Crippen molar-refractivity contribution in [1.29, 1.82) is 0 Å². The van der Waals surface area contributed by atoms with Crippen molar-refractivity contribution in [3.8, 4) is 0 Å². The Kier molecular flexibility index (Phi) is 2.35. The van der Waals surface area contributed by atoms with Gasteiger partial charge in [0.1, 0.15) is 17.9 Å². The molecule has 1 aliphatic rings. The number of aromatic nitrogens is 3. The molecule has 1 aromatic rings. The average molecular weight is 197 g/mol. The van der Waals surface area contributed by atoms with Gasteiger partial charge in [-0.1, -0.05) is 0 Å². The highest BCUT2D eigenvalue weighted by Crippen LogP contribution is 2.22. The van der Waals surface area contributed by atoms with E-state index in [4.69, 9.17) is 0 Å². The van der Waals surface area contributed by atoms with Crippen LogP contribution in [-0.4, -0.2) is 32.1 Å². The Bertz CT molecular complexity index is 323. The maximum absolute atomic E-state index is 11.3. The summed E-state index contributed by atoms with van der Waals surface area (Å²) in [5, 5.41) is 3.97. The molecular formula is C8H11N3OS. The van der Waals surface area contributed by atoms with Gasteiger partial charge in [-0.25, -0.2) is 4.98 Å². The van der Waals surface area contributed by atoms with Gasteiger partial charge >= 0.3 is 0 Å². The van der Waals surface area contributed by atoms with Crippen LogP contribution >= 0.6 is 11.8 Å². The van der Waals surface area contributed by atoms with Gasteiger partial charge in [-0.3, -0.25) is 9.48 Å². The van der Waals surface area contributed by atoms with Crippen LogP contribution in [0.4, 0.5) is 0 Å². The maximum atomic E-state index is 11.3. The largest absolute Gasteiger partial charge is 0.298 e. The number of thioether (sulfide) groups is 1. The summed E-state index contributed by atoms with van der Waals surface area (Å²) in [5.41, 5.74) is 0. The molecule has 0 aliphatic carbocycles. The first-order chi connectivity index (χ1) is 6.27. The highest BCUT2D eigenvalue weighted by molar-refractivity contribution is 8.00. The molecule has 13 heavy (non-hydrogen) atoms. The van der Waals surface area contributed by atoms with Crippen molar-refractivity contribution >= 4 is 17.5 Å². The molecule has 0 aromatic carbocycles. The molecule has 1 aromatic heterocycles. The van der Waals surface area contributed by atoms with Gasteiger partial charge in [0.15, 0.2) is 0 Å². The minimum atomic E-state index is 0.160. The van der Waals surface area contributed by atoms with E-state index in [0.717, 1.165) is 18.0 Å². The van der Waals surface area contributed by atoms with E-state index in [1.807, 2.05) is 7.05 Å². The van der Waals surface area contributed by atoms with Gasteiger partial charge in [0.2, 0.25) is 0 Å². The number of ketones is 1. The molecule has 1 atom stereocenters. The molecule has 1 saturated heterocycles. The van der Waals surface area contributed by atoms with Gasteiger partial charge in [0.25, 0.3) is 0 Å². The summed E-state index contributed by atoms with van der Waals surface area (Å²) in [4.78, 5) is 15.4. The van der Waals surface area contributed by atoms with E-state index in [2.05, 4.69) is 10.1 Å². The fourth-order valence-electron chi connectivity index (χ4n) is 1.41. The van der Waals surface area contributed by atoms with Gasteiger partial charge in [-0.15, -0.1) is 0 Å². The summed E-state index contributed by atoms with van der Waals surface area (Å²) in [6.45, 7) is 0. The number of nitrogens with zero attached hydrogens (tertiary/aromatic N) is 3. The van der Waals surface area contributed by atoms with Crippen LogP contribution in [-0.2, 0) is 18.3 Å². The summed E-state index contributed by atoms with van der Waals surface area (Å²) in [6.07, 6.45) is 2.27. The van der Waals surface area contributed by atoms with Crippen LogP contribution in [0.15, 0.2) is 6.33 Å². The second kappa shape index (κ2) is 3.49. The fourth-order valence-corrected chi connectivity index (χ4v) is 2.55. The van der Waals surface area contributed by atoms with E-state index in [1.165, 1.54) is 6.33 Å². The van der Waals surface area contributed by atoms with E-state index in [9.17, 15) is 4.79 Å². The molecular weight excluding hydrogens is 186 g/mol. The van der Waals surface area contributed by atoms with Gasteiger partial charge in [-0.05, 0) is 0 Å². The summed E-state index contributed by atoms with van der Waals surface area (Å²) in [7, 11) is 1.86. The SMILES string of the molecule is Cn1ncnc1CC1CSCC1=O. The van der Waals surface area contributed by atoms with E-state index in [0.29, 0.717) is 11.5 Å². The second-order valence-electron chi connectivity index (χ2n) is 3.18. The van der Waals surface area contributed by atoms with E-state index >= 15 is 0 Å². The average Bonchev–Trinajstić information content (AvgIpc) is 2.65. The van der Waals surface area contributed by atoms with Gasteiger partial charge in [0.05, 0.1) is 5.75 Å². The number of rotatable bonds is 2. The zero-order valence-electron chi connectivity index (χ0n) is 7.43. The molecule has 4 nitrogen and oxygen atoms in total. The number of Topliss-reactive ketones (excluding diaryl/α,β-unsaturated/α-hetero) is 1. The number of carbonyl (C=O) groups is 1. The Balaban J connectivity index is 2.06. The maximum Gasteiger partial charge on any atom is 0.147 e. The molecule has 0 spiro atoms. The van der Waals surface area contributed by atoms with E-state index in [-0.39, 0.29) is 5.92 Å².